The summed E-state index contributed by atoms with van der Waals surface area (Å²) >= 11 is 5.92. The summed E-state index contributed by atoms with van der Waals surface area (Å²) in [5.41, 5.74) is 0. The molecule has 5 nitrogen and oxygen atoms in total. The number of thioether (sulfide) groups is 1. The summed E-state index contributed by atoms with van der Waals surface area (Å²) in [7, 11) is 3.05. The lowest BCUT2D eigenvalue weighted by molar-refractivity contribution is 0.0606. The van der Waals surface area contributed by atoms with Crippen LogP contribution in [0.25, 0.3) is 0 Å². The molecule has 0 aliphatic carbocycles. The van der Waals surface area contributed by atoms with Gasteiger partial charge in [0.25, 0.3) is 0 Å². The smallest absolute Gasteiger partial charge is 0.379 e. The summed E-state index contributed by atoms with van der Waals surface area (Å²) in [6.07, 6.45) is 0. The maximum absolute atomic E-state index is 5.31. The van der Waals surface area contributed by atoms with Crippen molar-refractivity contribution >= 4 is 33.9 Å². The van der Waals surface area contributed by atoms with Crippen molar-refractivity contribution in [3.05, 3.63) is 0 Å². The van der Waals surface area contributed by atoms with Gasteiger partial charge in [0.05, 0.1) is 26.4 Å². The molecule has 0 rings (SSSR count). The molecule has 0 spiro atoms. The minimum absolute atomic E-state index is 0.692. The summed E-state index contributed by atoms with van der Waals surface area (Å²) in [6, 6.07) is 0. The number of hydrogen-bond donors (Lipinski definition) is 1. The standard InChI is InChI=1S/C8H18O2S2.C3H10O3Si/c1-2-12-8-6-10-4-3-9-5-7-11;1-4-7(5-2)6-3/h11H,2-8H2,1H3;7H,1-3H3. The molecule has 0 N–H and O–H groups in total. The first-order valence-electron chi connectivity index (χ1n) is 6.19. The van der Waals surface area contributed by atoms with E-state index in [1.807, 2.05) is 11.8 Å². The molecule has 0 atom stereocenters. The van der Waals surface area contributed by atoms with E-state index in [-0.39, 0.29) is 0 Å². The van der Waals surface area contributed by atoms with Crippen molar-refractivity contribution in [1.29, 1.82) is 0 Å². The molecule has 19 heavy (non-hydrogen) atoms. The Morgan fingerprint density at radius 1 is 0.895 bits per heavy atom. The molecule has 0 saturated heterocycles. The fourth-order valence-corrected chi connectivity index (χ4v) is 2.17. The van der Waals surface area contributed by atoms with Crippen molar-refractivity contribution in [1.82, 2.24) is 0 Å². The Bertz CT molecular complexity index is 138. The highest BCUT2D eigenvalue weighted by Crippen LogP contribution is 1.96. The molecular formula is C11H28O5S2Si. The Kier molecular flexibility index (Phi) is 24.3. The molecule has 0 amide bonds. The molecule has 0 aromatic carbocycles. The van der Waals surface area contributed by atoms with E-state index in [4.69, 9.17) is 22.8 Å². The van der Waals surface area contributed by atoms with Gasteiger partial charge in [-0.1, -0.05) is 6.92 Å². The molecule has 0 saturated carbocycles. The molecular weight excluding hydrogens is 304 g/mol. The molecule has 0 aromatic rings. The van der Waals surface area contributed by atoms with Crippen LogP contribution in [0.3, 0.4) is 0 Å². The lowest BCUT2D eigenvalue weighted by atomic mass is 10.7. The van der Waals surface area contributed by atoms with E-state index in [0.717, 1.165) is 24.7 Å². The van der Waals surface area contributed by atoms with Crippen LogP contribution in [0.1, 0.15) is 6.92 Å². The zero-order valence-electron chi connectivity index (χ0n) is 12.4. The van der Waals surface area contributed by atoms with Crippen LogP contribution in [0.5, 0.6) is 0 Å². The highest BCUT2D eigenvalue weighted by molar-refractivity contribution is 7.99. The van der Waals surface area contributed by atoms with Gasteiger partial charge in [0.2, 0.25) is 0 Å². The topological polar surface area (TPSA) is 46.2 Å². The summed E-state index contributed by atoms with van der Waals surface area (Å²) in [5.74, 6) is 3.04. The predicted molar refractivity (Wildman–Crippen MR) is 86.7 cm³/mol. The van der Waals surface area contributed by atoms with Gasteiger partial charge in [0, 0.05) is 32.8 Å². The average Bonchev–Trinajstić information content (AvgIpc) is 2.44. The molecule has 0 aromatic heterocycles. The molecule has 8 heteroatoms. The predicted octanol–water partition coefficient (Wildman–Crippen LogP) is 1.35. The van der Waals surface area contributed by atoms with E-state index in [1.54, 1.807) is 21.3 Å². The molecule has 0 bridgehead atoms. The van der Waals surface area contributed by atoms with Gasteiger partial charge in [-0.3, -0.25) is 0 Å². The van der Waals surface area contributed by atoms with Gasteiger partial charge >= 0.3 is 9.53 Å². The Morgan fingerprint density at radius 3 is 1.79 bits per heavy atom. The van der Waals surface area contributed by atoms with Crippen molar-refractivity contribution < 1.29 is 22.8 Å². The fourth-order valence-electron chi connectivity index (χ4n) is 0.937. The van der Waals surface area contributed by atoms with Gasteiger partial charge in [-0.15, -0.1) is 0 Å². The molecule has 118 valence electrons. The SMILES string of the molecule is CCSCCOCCOCCS.CO[SiH](OC)OC. The first-order valence-corrected chi connectivity index (χ1v) is 9.39. The second-order valence-corrected chi connectivity index (χ2v) is 6.97. The van der Waals surface area contributed by atoms with E-state index >= 15 is 0 Å². The largest absolute Gasteiger partial charge is 0.483 e. The highest BCUT2D eigenvalue weighted by atomic mass is 32.2. The average molecular weight is 333 g/mol. The van der Waals surface area contributed by atoms with Crippen molar-refractivity contribution in [2.24, 2.45) is 0 Å². The molecule has 0 radical (unpaired) electrons. The third kappa shape index (κ3) is 21.2. The van der Waals surface area contributed by atoms with Crippen LogP contribution in [0.15, 0.2) is 0 Å². The number of ether oxygens (including phenoxy) is 2. The fraction of sp³-hybridized carbons (Fsp3) is 1.00. The maximum atomic E-state index is 5.31. The Hall–Kier alpha value is 0.717. The molecule has 0 aliphatic heterocycles. The van der Waals surface area contributed by atoms with E-state index in [2.05, 4.69) is 19.6 Å². The first kappa shape index (κ1) is 22.0. The van der Waals surface area contributed by atoms with Gasteiger partial charge < -0.3 is 22.8 Å². The Morgan fingerprint density at radius 2 is 1.42 bits per heavy atom. The zero-order chi connectivity index (χ0) is 14.8. The minimum Gasteiger partial charge on any atom is -0.379 e. The van der Waals surface area contributed by atoms with Crippen molar-refractivity contribution in [2.45, 2.75) is 6.92 Å². The van der Waals surface area contributed by atoms with E-state index < -0.39 is 9.53 Å². The van der Waals surface area contributed by atoms with Gasteiger partial charge in [0.15, 0.2) is 0 Å². The Balaban J connectivity index is 0. The lowest BCUT2D eigenvalue weighted by Crippen LogP contribution is -2.21. The number of rotatable bonds is 12. The van der Waals surface area contributed by atoms with E-state index in [1.165, 1.54) is 5.75 Å². The molecule has 0 unspecified atom stereocenters. The molecule has 0 heterocycles. The zero-order valence-corrected chi connectivity index (χ0v) is 15.3. The van der Waals surface area contributed by atoms with Crippen molar-refractivity contribution in [3.8, 4) is 0 Å². The lowest BCUT2D eigenvalue weighted by Gasteiger charge is -2.05. The number of thiol groups is 1. The maximum Gasteiger partial charge on any atom is 0.483 e. The van der Waals surface area contributed by atoms with Crippen molar-refractivity contribution in [3.63, 3.8) is 0 Å². The van der Waals surface area contributed by atoms with Crippen LogP contribution < -0.4 is 0 Å². The monoisotopic (exact) mass is 332 g/mol. The van der Waals surface area contributed by atoms with Crippen molar-refractivity contribution in [2.75, 3.05) is 65.0 Å². The second kappa shape index (κ2) is 21.0. The normalized spacial score (nSPS) is 10.4. The molecule has 0 aliphatic rings. The van der Waals surface area contributed by atoms with Gasteiger partial charge in [-0.25, -0.2) is 0 Å². The van der Waals surface area contributed by atoms with Crippen LogP contribution in [-0.2, 0) is 22.8 Å². The van der Waals surface area contributed by atoms with Crippen LogP contribution >= 0.6 is 24.4 Å². The third-order valence-corrected chi connectivity index (χ3v) is 3.96. The minimum atomic E-state index is -1.67. The summed E-state index contributed by atoms with van der Waals surface area (Å²) < 4.78 is 24.7. The Labute approximate surface area is 129 Å². The quantitative estimate of drug-likeness (QED) is 0.331. The van der Waals surface area contributed by atoms with Gasteiger partial charge in [-0.05, 0) is 5.75 Å². The van der Waals surface area contributed by atoms with Crippen LogP contribution in [0.4, 0.5) is 0 Å². The van der Waals surface area contributed by atoms with Crippen LogP contribution in [-0.4, -0.2) is 74.5 Å². The summed E-state index contributed by atoms with van der Waals surface area (Å²) in [6.45, 7) is 5.11. The number of hydrogen-bond acceptors (Lipinski definition) is 7. The van der Waals surface area contributed by atoms with E-state index in [9.17, 15) is 0 Å². The third-order valence-electron chi connectivity index (χ3n) is 1.76. The molecule has 0 fully saturated rings. The second-order valence-electron chi connectivity index (χ2n) is 3.14. The van der Waals surface area contributed by atoms with E-state index in [0.29, 0.717) is 13.2 Å². The van der Waals surface area contributed by atoms with Gasteiger partial charge in [-0.2, -0.15) is 24.4 Å². The van der Waals surface area contributed by atoms with Crippen LogP contribution in [0.2, 0.25) is 0 Å². The van der Waals surface area contributed by atoms with Gasteiger partial charge in [0.1, 0.15) is 0 Å². The highest BCUT2D eigenvalue weighted by Gasteiger charge is 2.04. The summed E-state index contributed by atoms with van der Waals surface area (Å²) in [5, 5.41) is 0. The van der Waals surface area contributed by atoms with Crippen LogP contribution in [0, 0.1) is 0 Å². The first-order chi connectivity index (χ1) is 9.26. The summed E-state index contributed by atoms with van der Waals surface area (Å²) in [4.78, 5) is 0.